The fraction of sp³-hybridized carbons (Fsp3) is 0.444. The van der Waals surface area contributed by atoms with E-state index in [2.05, 4.69) is 30.5 Å². The van der Waals surface area contributed by atoms with Crippen LogP contribution < -0.4 is 16.2 Å². The van der Waals surface area contributed by atoms with Crippen LogP contribution in [0.25, 0.3) is 0 Å². The van der Waals surface area contributed by atoms with Gasteiger partial charge in [0.1, 0.15) is 5.82 Å². The van der Waals surface area contributed by atoms with Crippen LogP contribution in [0.5, 0.6) is 0 Å². The van der Waals surface area contributed by atoms with Crippen molar-refractivity contribution in [1.29, 1.82) is 0 Å². The summed E-state index contributed by atoms with van der Waals surface area (Å²) in [6.45, 7) is 4.06. The zero-order chi connectivity index (χ0) is 20.1. The van der Waals surface area contributed by atoms with Crippen molar-refractivity contribution in [2.24, 2.45) is 10.3 Å². The van der Waals surface area contributed by atoms with Gasteiger partial charge in [0, 0.05) is 17.7 Å². The number of anilines is 3. The maximum atomic E-state index is 10.7. The average molecular weight is 406 g/mol. The number of hydrogen-bond donors (Lipinski definition) is 5. The van der Waals surface area contributed by atoms with Crippen LogP contribution in [0.3, 0.4) is 0 Å². The van der Waals surface area contributed by atoms with Crippen LogP contribution in [0, 0.1) is 5.92 Å². The second kappa shape index (κ2) is 9.18. The summed E-state index contributed by atoms with van der Waals surface area (Å²) in [5.41, 5.74) is 8.25. The SMILES string of the molecule is CC(C)[C@@H](CO)Nc1nc(NNc2ccc(N=[S-](=O)O)cc2)cc(C2CC2)n1. The maximum absolute atomic E-state index is 10.7. The first-order valence-corrected chi connectivity index (χ1v) is 10.2. The molecule has 0 bridgehead atoms. The Balaban J connectivity index is 1.72. The van der Waals surface area contributed by atoms with Gasteiger partial charge in [0.05, 0.1) is 24.0 Å². The first-order chi connectivity index (χ1) is 13.4. The highest BCUT2D eigenvalue weighted by molar-refractivity contribution is 7.68. The van der Waals surface area contributed by atoms with E-state index >= 15 is 0 Å². The maximum Gasteiger partial charge on any atom is 0.225 e. The second-order valence-corrected chi connectivity index (χ2v) is 7.72. The van der Waals surface area contributed by atoms with Crippen molar-refractivity contribution in [3.05, 3.63) is 36.0 Å². The smallest absolute Gasteiger partial charge is 0.225 e. The van der Waals surface area contributed by atoms with Gasteiger partial charge in [-0.1, -0.05) is 24.7 Å². The lowest BCUT2D eigenvalue weighted by molar-refractivity contribution is 0.248. The Morgan fingerprint density at radius 1 is 1.21 bits per heavy atom. The standard InChI is InChI=1S/C18H25N6O3S/c1-11(2)16(10-25)20-18-19-15(12-3-4-12)9-17(21-18)23-22-13-5-7-14(8-6-13)24-28(26)27/h5-9,11-12,16,22,25H,3-4,10H2,1-2H3,(H,24,26,27)(H2,19,20,21,23)/q-1/t16-/m1/s1. The molecule has 1 atom stereocenters. The Morgan fingerprint density at radius 3 is 2.50 bits per heavy atom. The summed E-state index contributed by atoms with van der Waals surface area (Å²) in [6, 6.07) is 8.54. The molecule has 1 aliphatic rings. The van der Waals surface area contributed by atoms with Gasteiger partial charge >= 0.3 is 0 Å². The Bertz CT molecular complexity index is 879. The lowest BCUT2D eigenvalue weighted by atomic mass is 10.1. The minimum atomic E-state index is -2.22. The summed E-state index contributed by atoms with van der Waals surface area (Å²) in [4.78, 5) is 9.08. The first-order valence-electron chi connectivity index (χ1n) is 9.15. The zero-order valence-electron chi connectivity index (χ0n) is 15.8. The van der Waals surface area contributed by atoms with Crippen LogP contribution in [0.2, 0.25) is 0 Å². The molecule has 1 fully saturated rings. The number of nitrogens with zero attached hydrogens (tertiary/aromatic N) is 3. The van der Waals surface area contributed by atoms with Crippen LogP contribution in [0.15, 0.2) is 34.7 Å². The van der Waals surface area contributed by atoms with E-state index < -0.39 is 10.9 Å². The largest absolute Gasteiger partial charge is 0.454 e. The molecule has 1 heterocycles. The number of hydrogen-bond acceptors (Lipinski definition) is 9. The van der Waals surface area contributed by atoms with Crippen molar-refractivity contribution in [2.45, 2.75) is 38.6 Å². The van der Waals surface area contributed by atoms with Gasteiger partial charge in [-0.05, 0) is 43.0 Å². The number of aliphatic hydroxyl groups is 1. The summed E-state index contributed by atoms with van der Waals surface area (Å²) < 4.78 is 23.0. The molecule has 10 heteroatoms. The van der Waals surface area contributed by atoms with Crippen molar-refractivity contribution in [2.75, 3.05) is 22.8 Å². The summed E-state index contributed by atoms with van der Waals surface area (Å²) in [6.07, 6.45) is 2.24. The molecule has 1 saturated carbocycles. The van der Waals surface area contributed by atoms with Crippen molar-refractivity contribution >= 4 is 34.0 Å². The summed E-state index contributed by atoms with van der Waals surface area (Å²) in [7, 11) is -2.22. The normalized spacial score (nSPS) is 16.0. The van der Waals surface area contributed by atoms with E-state index in [1.807, 2.05) is 19.9 Å². The molecule has 9 nitrogen and oxygen atoms in total. The van der Waals surface area contributed by atoms with Crippen LogP contribution in [-0.2, 0) is 15.1 Å². The predicted octanol–water partition coefficient (Wildman–Crippen LogP) is 3.47. The number of benzene rings is 1. The third-order valence-corrected chi connectivity index (χ3v) is 4.81. The molecule has 28 heavy (non-hydrogen) atoms. The number of aliphatic hydroxyl groups excluding tert-OH is 1. The predicted molar refractivity (Wildman–Crippen MR) is 110 cm³/mol. The van der Waals surface area contributed by atoms with Crippen LogP contribution in [0.1, 0.15) is 38.3 Å². The van der Waals surface area contributed by atoms with Gasteiger partial charge in [-0.2, -0.15) is 4.98 Å². The van der Waals surface area contributed by atoms with E-state index in [1.54, 1.807) is 24.3 Å². The third-order valence-electron chi connectivity index (χ3n) is 4.44. The highest BCUT2D eigenvalue weighted by atomic mass is 32.2. The third kappa shape index (κ3) is 5.78. The molecule has 0 radical (unpaired) electrons. The van der Waals surface area contributed by atoms with Gasteiger partial charge in [-0.3, -0.25) is 10.9 Å². The monoisotopic (exact) mass is 405 g/mol. The fourth-order valence-corrected chi connectivity index (χ4v) is 2.91. The topological polar surface area (TPSA) is 132 Å². The average Bonchev–Trinajstić information content (AvgIpc) is 3.50. The number of nitrogens with one attached hydrogen (secondary N) is 3. The Kier molecular flexibility index (Phi) is 6.65. The highest BCUT2D eigenvalue weighted by Gasteiger charge is 2.26. The van der Waals surface area contributed by atoms with E-state index in [4.69, 9.17) is 4.55 Å². The molecular formula is C18H25N6O3S-. The molecule has 1 aromatic carbocycles. The van der Waals surface area contributed by atoms with Crippen molar-refractivity contribution in [3.63, 3.8) is 0 Å². The number of aromatic nitrogens is 2. The van der Waals surface area contributed by atoms with E-state index in [0.29, 0.717) is 23.4 Å². The molecule has 0 aliphatic heterocycles. The molecule has 2 aromatic rings. The van der Waals surface area contributed by atoms with Gasteiger partial charge in [0.2, 0.25) is 5.95 Å². The summed E-state index contributed by atoms with van der Waals surface area (Å²) >= 11 is 0. The molecule has 1 aromatic heterocycles. The molecule has 0 saturated heterocycles. The lowest BCUT2D eigenvalue weighted by Gasteiger charge is -2.21. The van der Waals surface area contributed by atoms with Gasteiger partial charge in [-0.15, -0.1) is 0 Å². The van der Waals surface area contributed by atoms with E-state index in [0.717, 1.165) is 24.2 Å². The Labute approximate surface area is 166 Å². The van der Waals surface area contributed by atoms with Crippen molar-refractivity contribution in [3.8, 4) is 0 Å². The summed E-state index contributed by atoms with van der Waals surface area (Å²) in [5, 5.41) is 12.8. The molecule has 5 N–H and O–H groups in total. The number of hydrazine groups is 1. The number of rotatable bonds is 9. The van der Waals surface area contributed by atoms with E-state index in [-0.39, 0.29) is 18.6 Å². The van der Waals surface area contributed by atoms with Gasteiger partial charge in [0.15, 0.2) is 0 Å². The second-order valence-electron chi connectivity index (χ2n) is 7.07. The van der Waals surface area contributed by atoms with Gasteiger partial charge in [0.25, 0.3) is 0 Å². The van der Waals surface area contributed by atoms with Crippen molar-refractivity contribution in [1.82, 2.24) is 9.97 Å². The molecule has 0 amide bonds. The quantitative estimate of drug-likeness (QED) is 0.243. The molecule has 1 aliphatic carbocycles. The minimum absolute atomic E-state index is 0.00568. The molecule has 0 unspecified atom stereocenters. The molecule has 3 rings (SSSR count). The Morgan fingerprint density at radius 2 is 1.93 bits per heavy atom. The van der Waals surface area contributed by atoms with E-state index in [9.17, 15) is 9.32 Å². The Hall–Kier alpha value is -2.43. The van der Waals surface area contributed by atoms with Crippen molar-refractivity contribution < 1.29 is 13.9 Å². The molecule has 152 valence electrons. The lowest BCUT2D eigenvalue weighted by Crippen LogP contribution is -2.30. The molecular weight excluding hydrogens is 380 g/mol. The van der Waals surface area contributed by atoms with E-state index in [1.165, 1.54) is 0 Å². The fourth-order valence-electron chi connectivity index (χ4n) is 2.60. The van der Waals surface area contributed by atoms with Gasteiger partial charge in [-0.25, -0.2) is 4.98 Å². The molecule has 0 spiro atoms. The van der Waals surface area contributed by atoms with Crippen LogP contribution >= 0.6 is 0 Å². The summed E-state index contributed by atoms with van der Waals surface area (Å²) in [5.74, 6) is 1.80. The van der Waals surface area contributed by atoms with Crippen LogP contribution in [0.4, 0.5) is 23.1 Å². The van der Waals surface area contributed by atoms with Crippen LogP contribution in [-0.4, -0.2) is 32.3 Å². The first kappa shape index (κ1) is 20.3. The highest BCUT2D eigenvalue weighted by Crippen LogP contribution is 2.40. The zero-order valence-corrected chi connectivity index (χ0v) is 16.6. The minimum Gasteiger partial charge on any atom is -0.454 e. The van der Waals surface area contributed by atoms with Gasteiger partial charge < -0.3 is 23.5 Å².